The Hall–Kier alpha value is -3.16. The van der Waals surface area contributed by atoms with Gasteiger partial charge in [-0.1, -0.05) is 44.7 Å². The molecule has 0 aliphatic rings. The highest BCUT2D eigenvalue weighted by Crippen LogP contribution is 2.09. The van der Waals surface area contributed by atoms with Gasteiger partial charge in [0.15, 0.2) is 0 Å². The van der Waals surface area contributed by atoms with E-state index in [9.17, 15) is 19.2 Å². The van der Waals surface area contributed by atoms with E-state index in [0.717, 1.165) is 31.8 Å². The van der Waals surface area contributed by atoms with E-state index in [2.05, 4.69) is 17.6 Å². The molecule has 0 aliphatic carbocycles. The molecule has 0 heterocycles. The molecule has 8 nitrogen and oxygen atoms in total. The van der Waals surface area contributed by atoms with Crippen LogP contribution < -0.4 is 10.6 Å². The SMILES string of the molecule is CCCCCCC(NC(=O)c1ccc(/C=C/C(=O)O)cc1)C(=O)NCC(=O)OCC. The lowest BCUT2D eigenvalue weighted by molar-refractivity contribution is -0.143. The van der Waals surface area contributed by atoms with Gasteiger partial charge in [0.1, 0.15) is 12.6 Å². The molecule has 2 amide bonds. The second-order valence-electron chi connectivity index (χ2n) is 6.69. The third-order valence-electron chi connectivity index (χ3n) is 4.27. The van der Waals surface area contributed by atoms with Crippen LogP contribution in [-0.4, -0.2) is 48.1 Å². The van der Waals surface area contributed by atoms with Crippen molar-refractivity contribution in [3.05, 3.63) is 41.5 Å². The topological polar surface area (TPSA) is 122 Å². The summed E-state index contributed by atoms with van der Waals surface area (Å²) in [5.41, 5.74) is 0.983. The summed E-state index contributed by atoms with van der Waals surface area (Å²) >= 11 is 0. The first kappa shape index (κ1) is 24.9. The summed E-state index contributed by atoms with van der Waals surface area (Å²) in [4.78, 5) is 47.1. The molecule has 1 aromatic carbocycles. The van der Waals surface area contributed by atoms with Crippen molar-refractivity contribution in [3.63, 3.8) is 0 Å². The van der Waals surface area contributed by atoms with Crippen molar-refractivity contribution < 1.29 is 29.0 Å². The number of hydrogen-bond acceptors (Lipinski definition) is 5. The summed E-state index contributed by atoms with van der Waals surface area (Å²) < 4.78 is 4.80. The molecule has 1 unspecified atom stereocenters. The second kappa shape index (κ2) is 13.9. The highest BCUT2D eigenvalue weighted by Gasteiger charge is 2.21. The predicted molar refractivity (Wildman–Crippen MR) is 113 cm³/mol. The van der Waals surface area contributed by atoms with Gasteiger partial charge in [-0.15, -0.1) is 0 Å². The zero-order chi connectivity index (χ0) is 22.4. The van der Waals surface area contributed by atoms with Crippen molar-refractivity contribution >= 4 is 29.8 Å². The number of nitrogens with one attached hydrogen (secondary N) is 2. The minimum Gasteiger partial charge on any atom is -0.478 e. The average Bonchev–Trinajstić information content (AvgIpc) is 2.73. The molecular weight excluding hydrogens is 388 g/mol. The molecule has 3 N–H and O–H groups in total. The minimum absolute atomic E-state index is 0.226. The number of ether oxygens (including phenoxy) is 1. The number of esters is 1. The summed E-state index contributed by atoms with van der Waals surface area (Å²) in [6.45, 7) is 3.74. The van der Waals surface area contributed by atoms with Gasteiger partial charge in [-0.3, -0.25) is 14.4 Å². The van der Waals surface area contributed by atoms with Crippen LogP contribution in [0.4, 0.5) is 0 Å². The van der Waals surface area contributed by atoms with Gasteiger partial charge in [-0.05, 0) is 37.1 Å². The third-order valence-corrected chi connectivity index (χ3v) is 4.27. The molecular formula is C22H30N2O6. The molecule has 1 rings (SSSR count). The zero-order valence-electron chi connectivity index (χ0n) is 17.5. The molecule has 0 saturated carbocycles. The van der Waals surface area contributed by atoms with Crippen LogP contribution in [0.5, 0.6) is 0 Å². The summed E-state index contributed by atoms with van der Waals surface area (Å²) in [5, 5.41) is 13.9. The normalized spacial score (nSPS) is 11.7. The van der Waals surface area contributed by atoms with E-state index in [1.165, 1.54) is 6.08 Å². The highest BCUT2D eigenvalue weighted by molar-refractivity contribution is 5.98. The number of carboxylic acid groups (broad SMARTS) is 1. The summed E-state index contributed by atoms with van der Waals surface area (Å²) in [5.74, 6) is -2.45. The minimum atomic E-state index is -1.06. The summed E-state index contributed by atoms with van der Waals surface area (Å²) in [6, 6.07) is 5.58. The number of carbonyl (C=O) groups is 4. The van der Waals surface area contributed by atoms with Gasteiger partial charge >= 0.3 is 11.9 Å². The highest BCUT2D eigenvalue weighted by atomic mass is 16.5. The maximum absolute atomic E-state index is 12.6. The lowest BCUT2D eigenvalue weighted by Gasteiger charge is -2.18. The molecule has 30 heavy (non-hydrogen) atoms. The van der Waals surface area contributed by atoms with Gasteiger partial charge in [0.2, 0.25) is 5.91 Å². The van der Waals surface area contributed by atoms with Crippen LogP contribution in [0.15, 0.2) is 30.3 Å². The molecule has 1 aromatic rings. The van der Waals surface area contributed by atoms with Gasteiger partial charge in [0.05, 0.1) is 6.61 Å². The van der Waals surface area contributed by atoms with Crippen LogP contribution in [0.2, 0.25) is 0 Å². The molecule has 0 bridgehead atoms. The van der Waals surface area contributed by atoms with Crippen molar-refractivity contribution in [2.75, 3.05) is 13.2 Å². The van der Waals surface area contributed by atoms with Crippen molar-refractivity contribution in [1.29, 1.82) is 0 Å². The van der Waals surface area contributed by atoms with Crippen LogP contribution >= 0.6 is 0 Å². The summed E-state index contributed by atoms with van der Waals surface area (Å²) in [7, 11) is 0. The van der Waals surface area contributed by atoms with E-state index in [4.69, 9.17) is 9.84 Å². The van der Waals surface area contributed by atoms with Crippen molar-refractivity contribution in [1.82, 2.24) is 10.6 Å². The van der Waals surface area contributed by atoms with E-state index in [-0.39, 0.29) is 13.2 Å². The lowest BCUT2D eigenvalue weighted by Crippen LogP contribution is -2.48. The quantitative estimate of drug-likeness (QED) is 0.257. The Morgan fingerprint density at radius 2 is 1.77 bits per heavy atom. The van der Waals surface area contributed by atoms with Crippen molar-refractivity contribution in [3.8, 4) is 0 Å². The molecule has 0 radical (unpaired) electrons. The molecule has 0 aromatic heterocycles. The lowest BCUT2D eigenvalue weighted by atomic mass is 10.1. The van der Waals surface area contributed by atoms with E-state index >= 15 is 0 Å². The number of carboxylic acids is 1. The molecule has 164 valence electrons. The second-order valence-corrected chi connectivity index (χ2v) is 6.69. The largest absolute Gasteiger partial charge is 0.478 e. The molecule has 0 fully saturated rings. The Morgan fingerprint density at radius 1 is 1.07 bits per heavy atom. The first-order valence-corrected chi connectivity index (χ1v) is 10.1. The monoisotopic (exact) mass is 418 g/mol. The van der Waals surface area contributed by atoms with Gasteiger partial charge < -0.3 is 20.5 Å². The zero-order valence-corrected chi connectivity index (χ0v) is 17.5. The number of rotatable bonds is 13. The van der Waals surface area contributed by atoms with Gasteiger partial charge in [-0.25, -0.2) is 4.79 Å². The fourth-order valence-corrected chi connectivity index (χ4v) is 2.69. The van der Waals surface area contributed by atoms with Crippen molar-refractivity contribution in [2.45, 2.75) is 52.0 Å². The number of carbonyl (C=O) groups excluding carboxylic acids is 3. The van der Waals surface area contributed by atoms with Crippen molar-refractivity contribution in [2.24, 2.45) is 0 Å². The number of hydrogen-bond donors (Lipinski definition) is 3. The number of aliphatic carboxylic acids is 1. The Morgan fingerprint density at radius 3 is 2.37 bits per heavy atom. The smallest absolute Gasteiger partial charge is 0.328 e. The van der Waals surface area contributed by atoms with Gasteiger partial charge in [0, 0.05) is 11.6 Å². The summed E-state index contributed by atoms with van der Waals surface area (Å²) in [6.07, 6.45) is 6.69. The molecule has 1 atom stereocenters. The Labute approximate surface area is 176 Å². The Bertz CT molecular complexity index is 742. The predicted octanol–water partition coefficient (Wildman–Crippen LogP) is 2.53. The number of amides is 2. The molecule has 8 heteroatoms. The number of unbranched alkanes of at least 4 members (excludes halogenated alkanes) is 3. The van der Waals surface area contributed by atoms with Crippen LogP contribution in [-0.2, 0) is 19.1 Å². The third kappa shape index (κ3) is 9.86. The van der Waals surface area contributed by atoms with Crippen LogP contribution in [0, 0.1) is 0 Å². The maximum atomic E-state index is 12.6. The Balaban J connectivity index is 2.75. The molecule has 0 aliphatic heterocycles. The number of benzene rings is 1. The van der Waals surface area contributed by atoms with Crippen LogP contribution in [0.25, 0.3) is 6.08 Å². The van der Waals surface area contributed by atoms with E-state index in [1.807, 2.05) is 0 Å². The van der Waals surface area contributed by atoms with E-state index in [0.29, 0.717) is 17.5 Å². The van der Waals surface area contributed by atoms with Gasteiger partial charge in [0.25, 0.3) is 5.91 Å². The first-order valence-electron chi connectivity index (χ1n) is 10.1. The van der Waals surface area contributed by atoms with E-state index in [1.54, 1.807) is 31.2 Å². The maximum Gasteiger partial charge on any atom is 0.328 e. The Kier molecular flexibility index (Phi) is 11.5. The standard InChI is InChI=1S/C22H30N2O6/c1-3-5-6-7-8-18(22(29)23-15-20(27)30-4-2)24-21(28)17-12-9-16(10-13-17)11-14-19(25)26/h9-14,18H,3-8,15H2,1-2H3,(H,23,29)(H,24,28)(H,25,26)/b14-11+. The molecule has 0 spiro atoms. The fourth-order valence-electron chi connectivity index (χ4n) is 2.69. The van der Waals surface area contributed by atoms with Gasteiger partial charge in [-0.2, -0.15) is 0 Å². The van der Waals surface area contributed by atoms with Crippen LogP contribution in [0.3, 0.4) is 0 Å². The van der Waals surface area contributed by atoms with Crippen LogP contribution in [0.1, 0.15) is 61.9 Å². The first-order chi connectivity index (χ1) is 14.4. The molecule has 0 saturated heterocycles. The average molecular weight is 418 g/mol. The van der Waals surface area contributed by atoms with E-state index < -0.39 is 29.8 Å². The fraction of sp³-hybridized carbons (Fsp3) is 0.455.